The number of halogens is 1. The second-order valence-corrected chi connectivity index (χ2v) is 2.71. The van der Waals surface area contributed by atoms with Crippen LogP contribution in [-0.4, -0.2) is 10.8 Å². The topological polar surface area (TPSA) is 93.0 Å². The van der Waals surface area contributed by atoms with E-state index in [-0.39, 0.29) is 17.8 Å². The first-order chi connectivity index (χ1) is 6.52. The van der Waals surface area contributed by atoms with Crippen LogP contribution in [0.15, 0.2) is 18.2 Å². The van der Waals surface area contributed by atoms with Crippen LogP contribution in [-0.2, 0) is 6.42 Å². The maximum atomic E-state index is 13.3. The van der Waals surface area contributed by atoms with Crippen molar-refractivity contribution in [3.63, 3.8) is 0 Å². The number of nitrogens with one attached hydrogen (secondary N) is 1. The van der Waals surface area contributed by atoms with Gasteiger partial charge in [0.15, 0.2) is 0 Å². The summed E-state index contributed by atoms with van der Waals surface area (Å²) in [6.45, 7) is 0. The Balaban J connectivity index is 3.13. The van der Waals surface area contributed by atoms with Crippen LogP contribution in [0.25, 0.3) is 0 Å². The molecular weight excluding hydrogens is 189 g/mol. The number of hydrogen-bond acceptors (Lipinski definition) is 3. The van der Waals surface area contributed by atoms with Crippen LogP contribution in [0.2, 0.25) is 0 Å². The average molecular weight is 197 g/mol. The number of nitro benzene ring substituents is 1. The highest BCUT2D eigenvalue weighted by Gasteiger charge is 2.17. The predicted octanol–water partition coefficient (Wildman–Crippen LogP) is 1.21. The van der Waals surface area contributed by atoms with Gasteiger partial charge < -0.3 is 5.73 Å². The number of nitrogens with zero attached hydrogens (tertiary/aromatic N) is 1. The Morgan fingerprint density at radius 2 is 2.29 bits per heavy atom. The maximum Gasteiger partial charge on any atom is 0.305 e. The number of hydrogen-bond donors (Lipinski definition) is 2. The van der Waals surface area contributed by atoms with Crippen molar-refractivity contribution < 1.29 is 9.31 Å². The summed E-state index contributed by atoms with van der Waals surface area (Å²) in [7, 11) is 0. The highest BCUT2D eigenvalue weighted by atomic mass is 19.1. The molecule has 0 fully saturated rings. The molecule has 0 bridgehead atoms. The summed E-state index contributed by atoms with van der Waals surface area (Å²) in [5.74, 6) is -1.16. The number of benzene rings is 1. The molecule has 0 unspecified atom stereocenters. The zero-order valence-corrected chi connectivity index (χ0v) is 7.16. The molecule has 0 aliphatic carbocycles. The average Bonchev–Trinajstić information content (AvgIpc) is 2.07. The first-order valence-corrected chi connectivity index (χ1v) is 3.77. The number of nitrogens with two attached hydrogens (primary N) is 1. The van der Waals surface area contributed by atoms with Crippen LogP contribution in [0.3, 0.4) is 0 Å². The number of rotatable bonds is 3. The largest absolute Gasteiger partial charge is 0.387 e. The van der Waals surface area contributed by atoms with Crippen LogP contribution < -0.4 is 5.73 Å². The summed E-state index contributed by atoms with van der Waals surface area (Å²) < 4.78 is 13.3. The van der Waals surface area contributed by atoms with E-state index < -0.39 is 16.4 Å². The van der Waals surface area contributed by atoms with E-state index in [1.54, 1.807) is 0 Å². The van der Waals surface area contributed by atoms with Crippen molar-refractivity contribution in [2.45, 2.75) is 6.42 Å². The summed E-state index contributed by atoms with van der Waals surface area (Å²) in [6, 6.07) is 3.79. The van der Waals surface area contributed by atoms with Crippen molar-refractivity contribution >= 4 is 11.5 Å². The van der Waals surface area contributed by atoms with E-state index >= 15 is 0 Å². The fourth-order valence-electron chi connectivity index (χ4n) is 1.05. The SMILES string of the molecule is N=C(N)Cc1cccc([N+](=O)[O-])c1F. The Hall–Kier alpha value is -1.98. The highest BCUT2D eigenvalue weighted by Crippen LogP contribution is 2.20. The molecule has 1 aromatic carbocycles. The summed E-state index contributed by atoms with van der Waals surface area (Å²) in [5.41, 5.74) is 4.53. The van der Waals surface area contributed by atoms with E-state index in [4.69, 9.17) is 11.1 Å². The molecule has 0 amide bonds. The lowest BCUT2D eigenvalue weighted by Gasteiger charge is -2.01. The van der Waals surface area contributed by atoms with Gasteiger partial charge in [0.05, 0.1) is 10.8 Å². The van der Waals surface area contributed by atoms with Gasteiger partial charge in [0.1, 0.15) is 0 Å². The molecule has 1 rings (SSSR count). The molecule has 0 atom stereocenters. The van der Waals surface area contributed by atoms with Gasteiger partial charge in [-0.1, -0.05) is 12.1 Å². The minimum Gasteiger partial charge on any atom is -0.387 e. The Labute approximate surface area is 79.0 Å². The van der Waals surface area contributed by atoms with Gasteiger partial charge in [0.25, 0.3) is 0 Å². The molecule has 14 heavy (non-hydrogen) atoms. The van der Waals surface area contributed by atoms with Crippen LogP contribution in [0, 0.1) is 21.3 Å². The van der Waals surface area contributed by atoms with Gasteiger partial charge in [-0.05, 0) is 0 Å². The molecule has 0 heterocycles. The monoisotopic (exact) mass is 197 g/mol. The quantitative estimate of drug-likeness (QED) is 0.330. The van der Waals surface area contributed by atoms with Gasteiger partial charge in [-0.2, -0.15) is 4.39 Å². The lowest BCUT2D eigenvalue weighted by atomic mass is 10.1. The fraction of sp³-hybridized carbons (Fsp3) is 0.125. The molecule has 5 nitrogen and oxygen atoms in total. The minimum absolute atomic E-state index is 0.0618. The second-order valence-electron chi connectivity index (χ2n) is 2.71. The van der Waals surface area contributed by atoms with Crippen LogP contribution in [0.4, 0.5) is 10.1 Å². The van der Waals surface area contributed by atoms with Gasteiger partial charge in [-0.25, -0.2) is 0 Å². The molecule has 0 aliphatic heterocycles. The molecule has 74 valence electrons. The molecule has 1 aromatic rings. The lowest BCUT2D eigenvalue weighted by Crippen LogP contribution is -2.14. The second kappa shape index (κ2) is 3.82. The summed E-state index contributed by atoms with van der Waals surface area (Å²) >= 11 is 0. The van der Waals surface area contributed by atoms with E-state index in [0.29, 0.717) is 0 Å². The van der Waals surface area contributed by atoms with Gasteiger partial charge in [-0.3, -0.25) is 15.5 Å². The zero-order valence-electron chi connectivity index (χ0n) is 7.16. The zero-order chi connectivity index (χ0) is 10.7. The van der Waals surface area contributed by atoms with Crippen LogP contribution >= 0.6 is 0 Å². The fourth-order valence-corrected chi connectivity index (χ4v) is 1.05. The molecule has 0 aromatic heterocycles. The Morgan fingerprint density at radius 1 is 1.64 bits per heavy atom. The molecule has 0 radical (unpaired) electrons. The Morgan fingerprint density at radius 3 is 2.79 bits per heavy atom. The van der Waals surface area contributed by atoms with Crippen molar-refractivity contribution in [2.24, 2.45) is 5.73 Å². The van der Waals surface area contributed by atoms with Gasteiger partial charge in [0.2, 0.25) is 5.82 Å². The van der Waals surface area contributed by atoms with E-state index in [9.17, 15) is 14.5 Å². The normalized spacial score (nSPS) is 9.79. The van der Waals surface area contributed by atoms with Crippen molar-refractivity contribution in [3.8, 4) is 0 Å². The standard InChI is InChI=1S/C8H8FN3O2/c9-8-5(4-7(10)11)2-1-3-6(8)12(13)14/h1-3H,4H2,(H3,10,11). The third-order valence-corrected chi connectivity index (χ3v) is 1.64. The molecule has 0 spiro atoms. The number of nitro groups is 1. The Kier molecular flexibility index (Phi) is 2.76. The van der Waals surface area contributed by atoms with E-state index in [2.05, 4.69) is 0 Å². The van der Waals surface area contributed by atoms with E-state index in [1.807, 2.05) is 0 Å². The van der Waals surface area contributed by atoms with Crippen molar-refractivity contribution in [3.05, 3.63) is 39.7 Å². The number of amidine groups is 1. The molecule has 3 N–H and O–H groups in total. The minimum atomic E-state index is -0.923. The third kappa shape index (κ3) is 2.03. The summed E-state index contributed by atoms with van der Waals surface area (Å²) in [5, 5.41) is 17.3. The maximum absolute atomic E-state index is 13.3. The van der Waals surface area contributed by atoms with Crippen molar-refractivity contribution in [1.82, 2.24) is 0 Å². The van der Waals surface area contributed by atoms with Crippen LogP contribution in [0.1, 0.15) is 5.56 Å². The summed E-state index contributed by atoms with van der Waals surface area (Å²) in [6.07, 6.45) is -0.118. The van der Waals surface area contributed by atoms with Gasteiger partial charge >= 0.3 is 5.69 Å². The van der Waals surface area contributed by atoms with E-state index in [0.717, 1.165) is 6.07 Å². The predicted molar refractivity (Wildman–Crippen MR) is 48.7 cm³/mol. The van der Waals surface area contributed by atoms with Crippen molar-refractivity contribution in [2.75, 3.05) is 0 Å². The first kappa shape index (κ1) is 10.1. The smallest absolute Gasteiger partial charge is 0.305 e. The molecular formula is C8H8FN3O2. The molecule has 0 aliphatic rings. The summed E-state index contributed by atoms with van der Waals surface area (Å²) in [4.78, 5) is 9.53. The van der Waals surface area contributed by atoms with Gasteiger partial charge in [0, 0.05) is 18.1 Å². The van der Waals surface area contributed by atoms with E-state index in [1.165, 1.54) is 12.1 Å². The molecule has 0 saturated carbocycles. The van der Waals surface area contributed by atoms with Crippen molar-refractivity contribution in [1.29, 1.82) is 5.41 Å². The lowest BCUT2D eigenvalue weighted by molar-refractivity contribution is -0.387. The highest BCUT2D eigenvalue weighted by molar-refractivity contribution is 5.79. The van der Waals surface area contributed by atoms with Crippen LogP contribution in [0.5, 0.6) is 0 Å². The molecule has 6 heteroatoms. The Bertz CT molecular complexity index is 392. The van der Waals surface area contributed by atoms with Gasteiger partial charge in [-0.15, -0.1) is 0 Å². The molecule has 0 saturated heterocycles. The first-order valence-electron chi connectivity index (χ1n) is 3.77. The third-order valence-electron chi connectivity index (χ3n) is 1.64.